The van der Waals surface area contributed by atoms with Crippen molar-refractivity contribution in [3.8, 4) is 5.88 Å². The second-order valence-corrected chi connectivity index (χ2v) is 17.4. The van der Waals surface area contributed by atoms with Crippen molar-refractivity contribution in [1.82, 2.24) is 14.9 Å². The Morgan fingerprint density at radius 1 is 1.10 bits per heavy atom. The fourth-order valence-corrected chi connectivity index (χ4v) is 7.14. The van der Waals surface area contributed by atoms with E-state index >= 15 is 0 Å². The van der Waals surface area contributed by atoms with Gasteiger partial charge in [-0.2, -0.15) is 0 Å². The first-order valence-electron chi connectivity index (χ1n) is 14.1. The van der Waals surface area contributed by atoms with Crippen molar-refractivity contribution in [2.45, 2.75) is 83.2 Å². The van der Waals surface area contributed by atoms with Gasteiger partial charge in [0.2, 0.25) is 5.88 Å². The van der Waals surface area contributed by atoms with Gasteiger partial charge in [-0.25, -0.2) is 4.98 Å². The zero-order chi connectivity index (χ0) is 27.9. The molecule has 0 bridgehead atoms. The molecule has 5 rings (SSSR count). The first-order chi connectivity index (χ1) is 18.5. The number of aromatic nitrogens is 2. The Morgan fingerprint density at radius 2 is 1.87 bits per heavy atom. The van der Waals surface area contributed by atoms with Gasteiger partial charge < -0.3 is 19.0 Å². The highest BCUT2D eigenvalue weighted by Crippen LogP contribution is 2.42. The number of amides is 1. The maximum Gasteiger partial charge on any atom is 0.257 e. The van der Waals surface area contributed by atoms with E-state index in [1.54, 1.807) is 7.11 Å². The number of fused-ring (bicyclic) bond motifs is 3. The van der Waals surface area contributed by atoms with Gasteiger partial charge in [0.25, 0.3) is 5.91 Å². The van der Waals surface area contributed by atoms with Crippen LogP contribution in [0.5, 0.6) is 5.88 Å². The summed E-state index contributed by atoms with van der Waals surface area (Å²) >= 11 is 0. The van der Waals surface area contributed by atoms with Crippen molar-refractivity contribution < 1.29 is 14.0 Å². The van der Waals surface area contributed by atoms with Crippen LogP contribution in [-0.2, 0) is 10.8 Å². The van der Waals surface area contributed by atoms with Crippen LogP contribution in [0.25, 0.3) is 10.9 Å². The molecule has 2 aliphatic rings. The molecule has 3 aromatic rings. The number of rotatable bonds is 6. The minimum Gasteiger partial charge on any atom is -0.481 e. The van der Waals surface area contributed by atoms with Gasteiger partial charge in [-0.1, -0.05) is 45.7 Å². The van der Waals surface area contributed by atoms with Crippen LogP contribution in [0.2, 0.25) is 18.1 Å². The minimum absolute atomic E-state index is 0.0713. The van der Waals surface area contributed by atoms with Crippen molar-refractivity contribution in [3.05, 3.63) is 59.4 Å². The highest BCUT2D eigenvalue weighted by Gasteiger charge is 2.44. The number of pyridine rings is 2. The third-order valence-corrected chi connectivity index (χ3v) is 13.4. The van der Waals surface area contributed by atoms with Gasteiger partial charge in [-0.3, -0.25) is 9.78 Å². The van der Waals surface area contributed by atoms with Gasteiger partial charge in [0, 0.05) is 30.9 Å². The van der Waals surface area contributed by atoms with E-state index in [9.17, 15) is 4.79 Å². The molecule has 2 aromatic heterocycles. The molecule has 1 amide bonds. The Hall–Kier alpha value is -2.97. The SMILES string of the molecule is COc1ccc(Cc2cc3c(c4ncccc24)N(C)CN([C@H]2CCCC[C@@H]2O[Si](C)(C)C(C)(C)C)C3=O)cn1. The largest absolute Gasteiger partial charge is 0.481 e. The number of carbonyl (C=O) groups excluding carboxylic acids is 1. The second-order valence-electron chi connectivity index (χ2n) is 12.6. The maximum atomic E-state index is 14.3. The van der Waals surface area contributed by atoms with Crippen LogP contribution in [0.4, 0.5) is 5.69 Å². The lowest BCUT2D eigenvalue weighted by molar-refractivity contribution is 0.0218. The third kappa shape index (κ3) is 5.28. The lowest BCUT2D eigenvalue weighted by Gasteiger charge is -2.48. The summed E-state index contributed by atoms with van der Waals surface area (Å²) in [6.45, 7) is 12.0. The third-order valence-electron chi connectivity index (χ3n) is 8.91. The lowest BCUT2D eigenvalue weighted by atomic mass is 9.89. The van der Waals surface area contributed by atoms with E-state index in [0.29, 0.717) is 19.0 Å². The normalized spacial score (nSPS) is 20.3. The summed E-state index contributed by atoms with van der Waals surface area (Å²) in [4.78, 5) is 27.7. The van der Waals surface area contributed by atoms with Crippen LogP contribution in [0, 0.1) is 0 Å². The van der Waals surface area contributed by atoms with Gasteiger partial charge in [0.1, 0.15) is 0 Å². The summed E-state index contributed by atoms with van der Waals surface area (Å²) in [5, 5.41) is 1.19. The van der Waals surface area contributed by atoms with Crippen LogP contribution in [-0.4, -0.2) is 62.1 Å². The van der Waals surface area contributed by atoms with E-state index in [0.717, 1.165) is 59.0 Å². The van der Waals surface area contributed by atoms with Gasteiger partial charge in [0.15, 0.2) is 8.32 Å². The Labute approximate surface area is 233 Å². The molecule has 39 heavy (non-hydrogen) atoms. The fraction of sp³-hybridized carbons (Fsp3) is 0.516. The van der Waals surface area contributed by atoms with Gasteiger partial charge in [-0.05, 0) is 60.7 Å². The molecule has 0 unspecified atom stereocenters. The summed E-state index contributed by atoms with van der Waals surface area (Å²) in [6.07, 6.45) is 8.64. The molecule has 0 saturated heterocycles. The quantitative estimate of drug-likeness (QED) is 0.333. The molecule has 1 aliphatic heterocycles. The van der Waals surface area contributed by atoms with Crippen molar-refractivity contribution in [1.29, 1.82) is 0 Å². The van der Waals surface area contributed by atoms with Crippen molar-refractivity contribution in [2.75, 3.05) is 25.7 Å². The Bertz CT molecular complexity index is 1350. The van der Waals surface area contributed by atoms with E-state index in [1.165, 1.54) is 0 Å². The number of hydrogen-bond donors (Lipinski definition) is 0. The van der Waals surface area contributed by atoms with Crippen LogP contribution in [0.3, 0.4) is 0 Å². The summed E-state index contributed by atoms with van der Waals surface area (Å²) in [5.74, 6) is 0.672. The summed E-state index contributed by atoms with van der Waals surface area (Å²) < 4.78 is 12.2. The second kappa shape index (κ2) is 10.5. The molecule has 2 atom stereocenters. The number of carbonyl (C=O) groups is 1. The molecule has 0 N–H and O–H groups in total. The summed E-state index contributed by atoms with van der Waals surface area (Å²) in [5.41, 5.74) is 4.65. The number of nitrogens with zero attached hydrogens (tertiary/aromatic N) is 4. The van der Waals surface area contributed by atoms with E-state index in [1.807, 2.05) is 30.6 Å². The number of ether oxygens (including phenoxy) is 1. The zero-order valence-corrected chi connectivity index (χ0v) is 25.5. The van der Waals surface area contributed by atoms with Crippen molar-refractivity contribution in [2.24, 2.45) is 0 Å². The maximum absolute atomic E-state index is 14.3. The number of hydrogen-bond acceptors (Lipinski definition) is 6. The highest BCUT2D eigenvalue weighted by molar-refractivity contribution is 6.74. The minimum atomic E-state index is -1.98. The molecule has 1 saturated carbocycles. The number of benzene rings is 1. The Kier molecular flexibility index (Phi) is 7.46. The molecule has 1 aliphatic carbocycles. The topological polar surface area (TPSA) is 67.8 Å². The monoisotopic (exact) mass is 546 g/mol. The van der Waals surface area contributed by atoms with Gasteiger partial charge >= 0.3 is 0 Å². The highest BCUT2D eigenvalue weighted by atomic mass is 28.4. The average molecular weight is 547 g/mol. The zero-order valence-electron chi connectivity index (χ0n) is 24.5. The lowest BCUT2D eigenvalue weighted by Crippen LogP contribution is -2.58. The van der Waals surface area contributed by atoms with Gasteiger partial charge in [0.05, 0.1) is 42.7 Å². The summed E-state index contributed by atoms with van der Waals surface area (Å²) in [7, 11) is 1.71. The predicted molar refractivity (Wildman–Crippen MR) is 159 cm³/mol. The van der Waals surface area contributed by atoms with Crippen molar-refractivity contribution >= 4 is 30.8 Å². The smallest absolute Gasteiger partial charge is 0.257 e. The van der Waals surface area contributed by atoms with Crippen LogP contribution in [0.1, 0.15) is 67.9 Å². The van der Waals surface area contributed by atoms with E-state index in [-0.39, 0.29) is 23.1 Å². The van der Waals surface area contributed by atoms with Crippen LogP contribution < -0.4 is 9.64 Å². The first kappa shape index (κ1) is 27.6. The molecule has 208 valence electrons. The molecule has 0 radical (unpaired) electrons. The first-order valence-corrected chi connectivity index (χ1v) is 17.0. The number of methoxy groups -OCH3 is 1. The predicted octanol–water partition coefficient (Wildman–Crippen LogP) is 6.41. The molecular formula is C31H42N4O3Si. The van der Waals surface area contributed by atoms with Gasteiger partial charge in [-0.15, -0.1) is 0 Å². The van der Waals surface area contributed by atoms with E-state index in [4.69, 9.17) is 14.1 Å². The van der Waals surface area contributed by atoms with E-state index < -0.39 is 8.32 Å². The fourth-order valence-electron chi connectivity index (χ4n) is 5.75. The van der Waals surface area contributed by atoms with Crippen molar-refractivity contribution in [3.63, 3.8) is 0 Å². The Morgan fingerprint density at radius 3 is 2.56 bits per heavy atom. The molecule has 8 heteroatoms. The standard InChI is InChI=1S/C31H42N4O3Si/c1-31(2,3)39(6,7)38-26-13-9-8-12-25(26)35-20-34(4)29-24(30(35)36)18-22(23-11-10-16-32-28(23)29)17-21-14-15-27(37-5)33-19-21/h10-11,14-16,18-19,25-26H,8-9,12-13,17,20H2,1-7H3/t25-,26-/m0/s1. The molecule has 0 spiro atoms. The molecule has 1 aromatic carbocycles. The average Bonchev–Trinajstić information content (AvgIpc) is 2.90. The molecule has 7 nitrogen and oxygen atoms in total. The van der Waals surface area contributed by atoms with Crippen LogP contribution >= 0.6 is 0 Å². The summed E-state index contributed by atoms with van der Waals surface area (Å²) in [6, 6.07) is 10.1. The van der Waals surface area contributed by atoms with Crippen LogP contribution in [0.15, 0.2) is 42.7 Å². The molecule has 1 fully saturated rings. The van der Waals surface area contributed by atoms with E-state index in [2.05, 4.69) is 67.8 Å². The molecular weight excluding hydrogens is 504 g/mol. The Balaban J connectivity index is 1.52. The number of anilines is 1. The molecule has 3 heterocycles.